The van der Waals surface area contributed by atoms with Gasteiger partial charge in [0.2, 0.25) is 0 Å². The Hall–Kier alpha value is -3.16. The standard InChI is InChI=1S/C24H19NO4S2/c1-2-28-23(27)18-10-8-17(9-11-18)20-13-12-19(29-20)14-21-22(26)25(24(30)31-21)15-16-6-4-3-5-7-16/h3-14H,2,15H2,1H3. The number of carbonyl (C=O) groups is 2. The average Bonchev–Trinajstić information content (AvgIpc) is 3.35. The largest absolute Gasteiger partial charge is 0.462 e. The molecule has 0 unspecified atom stereocenters. The highest BCUT2D eigenvalue weighted by Crippen LogP contribution is 2.34. The number of rotatable bonds is 6. The van der Waals surface area contributed by atoms with E-state index < -0.39 is 0 Å². The van der Waals surface area contributed by atoms with Crippen LogP contribution in [0.2, 0.25) is 0 Å². The van der Waals surface area contributed by atoms with Crippen molar-refractivity contribution in [2.24, 2.45) is 0 Å². The Morgan fingerprint density at radius 1 is 1.10 bits per heavy atom. The van der Waals surface area contributed by atoms with Crippen LogP contribution in [0.1, 0.15) is 28.6 Å². The minimum absolute atomic E-state index is 0.129. The van der Waals surface area contributed by atoms with Gasteiger partial charge in [0.25, 0.3) is 5.91 Å². The van der Waals surface area contributed by atoms with E-state index in [9.17, 15) is 9.59 Å². The molecule has 0 spiro atoms. The van der Waals surface area contributed by atoms with Crippen LogP contribution in [-0.2, 0) is 16.1 Å². The third-order valence-corrected chi connectivity index (χ3v) is 6.02. The summed E-state index contributed by atoms with van der Waals surface area (Å²) in [4.78, 5) is 26.7. The number of nitrogens with zero attached hydrogens (tertiary/aromatic N) is 1. The molecule has 1 amide bonds. The van der Waals surface area contributed by atoms with Crippen LogP contribution in [0.3, 0.4) is 0 Å². The number of thioether (sulfide) groups is 1. The molecule has 3 aromatic rings. The average molecular weight is 450 g/mol. The molecule has 1 saturated heterocycles. The summed E-state index contributed by atoms with van der Waals surface area (Å²) in [7, 11) is 0. The number of benzene rings is 2. The van der Waals surface area contributed by atoms with Gasteiger partial charge in [-0.3, -0.25) is 9.69 Å². The van der Waals surface area contributed by atoms with E-state index in [0.29, 0.717) is 39.5 Å². The summed E-state index contributed by atoms with van der Waals surface area (Å²) >= 11 is 6.67. The first kappa shape index (κ1) is 21.1. The number of furan rings is 1. The van der Waals surface area contributed by atoms with Gasteiger partial charge in [-0.05, 0) is 36.8 Å². The number of esters is 1. The van der Waals surface area contributed by atoms with Gasteiger partial charge >= 0.3 is 5.97 Å². The number of amides is 1. The molecule has 0 radical (unpaired) electrons. The van der Waals surface area contributed by atoms with Crippen molar-refractivity contribution in [2.75, 3.05) is 6.61 Å². The fourth-order valence-electron chi connectivity index (χ4n) is 3.10. The normalized spacial score (nSPS) is 15.0. The summed E-state index contributed by atoms with van der Waals surface area (Å²) in [5, 5.41) is 0. The van der Waals surface area contributed by atoms with E-state index in [0.717, 1.165) is 11.1 Å². The zero-order chi connectivity index (χ0) is 21.8. The Morgan fingerprint density at radius 2 is 1.84 bits per heavy atom. The van der Waals surface area contributed by atoms with Crippen LogP contribution in [0.25, 0.3) is 17.4 Å². The Balaban J connectivity index is 1.48. The molecule has 1 aliphatic rings. The van der Waals surface area contributed by atoms with Crippen LogP contribution in [-0.4, -0.2) is 27.7 Å². The van der Waals surface area contributed by atoms with Gasteiger partial charge in [-0.15, -0.1) is 0 Å². The van der Waals surface area contributed by atoms with Gasteiger partial charge in [-0.25, -0.2) is 4.79 Å². The van der Waals surface area contributed by atoms with Gasteiger partial charge in [-0.1, -0.05) is 66.4 Å². The van der Waals surface area contributed by atoms with Gasteiger partial charge in [-0.2, -0.15) is 0 Å². The highest BCUT2D eigenvalue weighted by molar-refractivity contribution is 8.26. The third-order valence-electron chi connectivity index (χ3n) is 4.64. The highest BCUT2D eigenvalue weighted by atomic mass is 32.2. The molecule has 1 fully saturated rings. The molecule has 156 valence electrons. The number of carbonyl (C=O) groups excluding carboxylic acids is 2. The first-order chi connectivity index (χ1) is 15.0. The molecular weight excluding hydrogens is 430 g/mol. The highest BCUT2D eigenvalue weighted by Gasteiger charge is 2.32. The van der Waals surface area contributed by atoms with Crippen molar-refractivity contribution >= 4 is 46.3 Å². The van der Waals surface area contributed by atoms with Crippen molar-refractivity contribution < 1.29 is 18.7 Å². The molecule has 0 atom stereocenters. The van der Waals surface area contributed by atoms with E-state index in [-0.39, 0.29) is 11.9 Å². The predicted molar refractivity (Wildman–Crippen MR) is 125 cm³/mol. The molecule has 7 heteroatoms. The monoisotopic (exact) mass is 449 g/mol. The number of thiocarbonyl (C=S) groups is 1. The van der Waals surface area contributed by atoms with E-state index in [4.69, 9.17) is 21.4 Å². The van der Waals surface area contributed by atoms with Crippen molar-refractivity contribution in [1.29, 1.82) is 0 Å². The minimum Gasteiger partial charge on any atom is -0.462 e. The molecule has 0 bridgehead atoms. The Morgan fingerprint density at radius 3 is 2.55 bits per heavy atom. The van der Waals surface area contributed by atoms with Gasteiger partial charge in [0.15, 0.2) is 0 Å². The maximum absolute atomic E-state index is 12.8. The summed E-state index contributed by atoms with van der Waals surface area (Å²) in [6.45, 7) is 2.55. The van der Waals surface area contributed by atoms with Crippen LogP contribution in [0.5, 0.6) is 0 Å². The maximum Gasteiger partial charge on any atom is 0.338 e. The number of hydrogen-bond acceptors (Lipinski definition) is 6. The van der Waals surface area contributed by atoms with E-state index in [2.05, 4.69) is 0 Å². The van der Waals surface area contributed by atoms with Crippen molar-refractivity contribution in [2.45, 2.75) is 13.5 Å². The van der Waals surface area contributed by atoms with Gasteiger partial charge in [0.05, 0.1) is 23.6 Å². The molecule has 1 aliphatic heterocycles. The lowest BCUT2D eigenvalue weighted by Gasteiger charge is -2.14. The lowest BCUT2D eigenvalue weighted by molar-refractivity contribution is -0.122. The summed E-state index contributed by atoms with van der Waals surface area (Å²) in [5.74, 6) is 0.716. The van der Waals surface area contributed by atoms with Crippen molar-refractivity contribution in [1.82, 2.24) is 4.90 Å². The van der Waals surface area contributed by atoms with Crippen molar-refractivity contribution in [3.8, 4) is 11.3 Å². The third kappa shape index (κ3) is 4.78. The first-order valence-electron chi connectivity index (χ1n) is 9.72. The quantitative estimate of drug-likeness (QED) is 0.280. The molecule has 31 heavy (non-hydrogen) atoms. The molecule has 4 rings (SSSR count). The molecule has 0 N–H and O–H groups in total. The Kier molecular flexibility index (Phi) is 6.34. The molecule has 0 saturated carbocycles. The Bertz CT molecular complexity index is 1150. The van der Waals surface area contributed by atoms with E-state index >= 15 is 0 Å². The lowest BCUT2D eigenvalue weighted by Crippen LogP contribution is -2.27. The zero-order valence-electron chi connectivity index (χ0n) is 16.7. The zero-order valence-corrected chi connectivity index (χ0v) is 18.4. The minimum atomic E-state index is -0.355. The Labute approximate surface area is 189 Å². The van der Waals surface area contributed by atoms with E-state index in [1.165, 1.54) is 11.8 Å². The van der Waals surface area contributed by atoms with Crippen molar-refractivity contribution in [3.63, 3.8) is 0 Å². The van der Waals surface area contributed by atoms with Gasteiger partial charge in [0, 0.05) is 11.6 Å². The van der Waals surface area contributed by atoms with Gasteiger partial charge in [0.1, 0.15) is 15.8 Å². The summed E-state index contributed by atoms with van der Waals surface area (Å²) < 4.78 is 11.4. The van der Waals surface area contributed by atoms with Crippen LogP contribution < -0.4 is 0 Å². The molecule has 1 aromatic heterocycles. The van der Waals surface area contributed by atoms with Gasteiger partial charge < -0.3 is 9.15 Å². The summed E-state index contributed by atoms with van der Waals surface area (Å²) in [6, 6.07) is 20.4. The second-order valence-electron chi connectivity index (χ2n) is 6.75. The number of ether oxygens (including phenoxy) is 1. The van der Waals surface area contributed by atoms with E-state index in [1.54, 1.807) is 48.2 Å². The fourth-order valence-corrected chi connectivity index (χ4v) is 4.34. The summed E-state index contributed by atoms with van der Waals surface area (Å²) in [6.07, 6.45) is 1.71. The lowest BCUT2D eigenvalue weighted by atomic mass is 10.1. The second kappa shape index (κ2) is 9.32. The van der Waals surface area contributed by atoms with Crippen LogP contribution in [0.15, 0.2) is 76.1 Å². The smallest absolute Gasteiger partial charge is 0.338 e. The van der Waals surface area contributed by atoms with Crippen LogP contribution in [0, 0.1) is 0 Å². The summed E-state index contributed by atoms with van der Waals surface area (Å²) in [5.41, 5.74) is 2.33. The SMILES string of the molecule is CCOC(=O)c1ccc(-c2ccc(C=C3SC(=S)N(Cc4ccccc4)C3=O)o2)cc1. The molecular formula is C24H19NO4S2. The van der Waals surface area contributed by atoms with Crippen LogP contribution >= 0.6 is 24.0 Å². The predicted octanol–water partition coefficient (Wildman–Crippen LogP) is 5.52. The fraction of sp³-hybridized carbons (Fsp3) is 0.125. The van der Waals surface area contributed by atoms with Crippen molar-refractivity contribution in [3.05, 3.63) is 88.5 Å². The molecule has 2 heterocycles. The second-order valence-corrected chi connectivity index (χ2v) is 8.43. The maximum atomic E-state index is 12.8. The molecule has 5 nitrogen and oxygen atoms in total. The van der Waals surface area contributed by atoms with E-state index in [1.807, 2.05) is 36.4 Å². The first-order valence-corrected chi connectivity index (χ1v) is 10.9. The molecule has 0 aliphatic carbocycles. The topological polar surface area (TPSA) is 59.8 Å². The van der Waals surface area contributed by atoms with Crippen LogP contribution in [0.4, 0.5) is 0 Å². The number of hydrogen-bond donors (Lipinski definition) is 0. The molecule has 2 aromatic carbocycles.